The molecule has 0 unspecified atom stereocenters. The quantitative estimate of drug-likeness (QED) is 0.884. The standard InChI is InChI=1S/C20H23FN2O2/c21-16-9-3-6-12-19(16)25-15-20(24)22-17-10-4-5-11-18(17)23-13-7-1-2-8-14-23/h3-6,9-12H,1-2,7-8,13-15H2,(H,22,24). The molecular weight excluding hydrogens is 319 g/mol. The highest BCUT2D eigenvalue weighted by Gasteiger charge is 2.15. The fourth-order valence-corrected chi connectivity index (χ4v) is 3.06. The van der Waals surface area contributed by atoms with E-state index in [4.69, 9.17) is 4.74 Å². The van der Waals surface area contributed by atoms with Crippen LogP contribution in [0.5, 0.6) is 5.75 Å². The minimum absolute atomic E-state index is 0.0819. The number of ether oxygens (including phenoxy) is 1. The van der Waals surface area contributed by atoms with Gasteiger partial charge in [-0.25, -0.2) is 4.39 Å². The highest BCUT2D eigenvalue weighted by atomic mass is 19.1. The number of nitrogens with zero attached hydrogens (tertiary/aromatic N) is 1. The third kappa shape index (κ3) is 4.72. The summed E-state index contributed by atoms with van der Waals surface area (Å²) in [4.78, 5) is 14.5. The molecule has 1 heterocycles. The lowest BCUT2D eigenvalue weighted by molar-refractivity contribution is -0.118. The van der Waals surface area contributed by atoms with E-state index in [0.717, 1.165) is 24.5 Å². The van der Waals surface area contributed by atoms with Crippen LogP contribution in [0, 0.1) is 5.82 Å². The van der Waals surface area contributed by atoms with Crippen molar-refractivity contribution in [1.82, 2.24) is 0 Å². The predicted molar refractivity (Wildman–Crippen MR) is 97.6 cm³/mol. The van der Waals surface area contributed by atoms with Crippen molar-refractivity contribution < 1.29 is 13.9 Å². The van der Waals surface area contributed by atoms with Crippen LogP contribution < -0.4 is 15.0 Å². The maximum absolute atomic E-state index is 13.5. The molecule has 1 N–H and O–H groups in total. The van der Waals surface area contributed by atoms with Gasteiger partial charge in [0, 0.05) is 13.1 Å². The summed E-state index contributed by atoms with van der Waals surface area (Å²) in [6, 6.07) is 13.9. The highest BCUT2D eigenvalue weighted by Crippen LogP contribution is 2.28. The number of halogens is 1. The lowest BCUT2D eigenvalue weighted by atomic mass is 10.2. The van der Waals surface area contributed by atoms with Gasteiger partial charge < -0.3 is 15.0 Å². The molecule has 1 saturated heterocycles. The molecule has 3 rings (SSSR count). The minimum Gasteiger partial charge on any atom is -0.481 e. The topological polar surface area (TPSA) is 41.6 Å². The van der Waals surface area contributed by atoms with Crippen molar-refractivity contribution >= 4 is 17.3 Å². The van der Waals surface area contributed by atoms with Gasteiger partial charge in [-0.2, -0.15) is 0 Å². The molecule has 0 aliphatic carbocycles. The van der Waals surface area contributed by atoms with Gasteiger partial charge in [0.1, 0.15) is 0 Å². The minimum atomic E-state index is -0.472. The Morgan fingerprint density at radius 3 is 2.44 bits per heavy atom. The molecule has 0 bridgehead atoms. The van der Waals surface area contributed by atoms with Crippen molar-refractivity contribution in [2.24, 2.45) is 0 Å². The number of rotatable bonds is 5. The Bertz CT molecular complexity index is 712. The lowest BCUT2D eigenvalue weighted by Gasteiger charge is -2.25. The summed E-state index contributed by atoms with van der Waals surface area (Å²) in [5, 5.41) is 2.89. The number of carbonyl (C=O) groups is 1. The number of anilines is 2. The average Bonchev–Trinajstić information content (AvgIpc) is 2.91. The third-order valence-electron chi connectivity index (χ3n) is 4.32. The van der Waals surface area contributed by atoms with E-state index in [0.29, 0.717) is 0 Å². The summed E-state index contributed by atoms with van der Waals surface area (Å²) < 4.78 is 18.8. The van der Waals surface area contributed by atoms with Crippen LogP contribution in [0.4, 0.5) is 15.8 Å². The van der Waals surface area contributed by atoms with E-state index in [2.05, 4.69) is 10.2 Å². The van der Waals surface area contributed by atoms with E-state index in [1.54, 1.807) is 12.1 Å². The van der Waals surface area contributed by atoms with Crippen LogP contribution in [0.2, 0.25) is 0 Å². The first-order valence-corrected chi connectivity index (χ1v) is 8.75. The number of hydrogen-bond acceptors (Lipinski definition) is 3. The second kappa shape index (κ2) is 8.51. The first-order valence-electron chi connectivity index (χ1n) is 8.75. The smallest absolute Gasteiger partial charge is 0.262 e. The molecule has 2 aromatic rings. The Morgan fingerprint density at radius 1 is 1.00 bits per heavy atom. The molecule has 2 aromatic carbocycles. The molecule has 1 amide bonds. The number of amides is 1. The van der Waals surface area contributed by atoms with Crippen molar-refractivity contribution in [3.8, 4) is 5.75 Å². The molecule has 1 fully saturated rings. The molecule has 0 atom stereocenters. The van der Waals surface area contributed by atoms with E-state index in [1.807, 2.05) is 24.3 Å². The van der Waals surface area contributed by atoms with Gasteiger partial charge in [0.2, 0.25) is 0 Å². The lowest BCUT2D eigenvalue weighted by Crippen LogP contribution is -2.27. The summed E-state index contributed by atoms with van der Waals surface area (Å²) in [5.74, 6) is -0.691. The zero-order chi connectivity index (χ0) is 17.5. The number of benzene rings is 2. The second-order valence-corrected chi connectivity index (χ2v) is 6.19. The van der Waals surface area contributed by atoms with Gasteiger partial charge >= 0.3 is 0 Å². The van der Waals surface area contributed by atoms with Crippen molar-refractivity contribution in [3.05, 3.63) is 54.3 Å². The Labute approximate surface area is 147 Å². The van der Waals surface area contributed by atoms with E-state index >= 15 is 0 Å². The summed E-state index contributed by atoms with van der Waals surface area (Å²) >= 11 is 0. The van der Waals surface area contributed by atoms with Crippen molar-refractivity contribution in [2.45, 2.75) is 25.7 Å². The molecule has 0 radical (unpaired) electrons. The Balaban J connectivity index is 1.64. The molecule has 0 spiro atoms. The van der Waals surface area contributed by atoms with Crippen LogP contribution in [0.15, 0.2) is 48.5 Å². The summed E-state index contributed by atoms with van der Waals surface area (Å²) in [6.45, 7) is 1.77. The van der Waals surface area contributed by atoms with Crippen molar-refractivity contribution in [1.29, 1.82) is 0 Å². The number of carbonyl (C=O) groups excluding carboxylic acids is 1. The molecule has 4 nitrogen and oxygen atoms in total. The average molecular weight is 342 g/mol. The first kappa shape index (κ1) is 17.3. The number of nitrogens with one attached hydrogen (secondary N) is 1. The predicted octanol–water partition coefficient (Wildman–Crippen LogP) is 4.22. The molecular formula is C20H23FN2O2. The third-order valence-corrected chi connectivity index (χ3v) is 4.32. The summed E-state index contributed by atoms with van der Waals surface area (Å²) in [7, 11) is 0. The SMILES string of the molecule is O=C(COc1ccccc1F)Nc1ccccc1N1CCCCCC1. The fraction of sp³-hybridized carbons (Fsp3) is 0.350. The molecule has 5 heteroatoms. The van der Waals surface area contributed by atoms with Crippen LogP contribution in [0.3, 0.4) is 0 Å². The zero-order valence-corrected chi connectivity index (χ0v) is 14.2. The largest absolute Gasteiger partial charge is 0.481 e. The van der Waals surface area contributed by atoms with Crippen molar-refractivity contribution in [3.63, 3.8) is 0 Å². The summed E-state index contributed by atoms with van der Waals surface area (Å²) in [6.07, 6.45) is 4.83. The van der Waals surface area contributed by atoms with Crippen LogP contribution in [-0.2, 0) is 4.79 Å². The Hall–Kier alpha value is -2.56. The van der Waals surface area contributed by atoms with Crippen molar-refractivity contribution in [2.75, 3.05) is 29.9 Å². The van der Waals surface area contributed by atoms with Gasteiger partial charge in [0.05, 0.1) is 11.4 Å². The van der Waals surface area contributed by atoms with Crippen LogP contribution in [0.1, 0.15) is 25.7 Å². The van der Waals surface area contributed by atoms with Gasteiger partial charge in [-0.15, -0.1) is 0 Å². The van der Waals surface area contributed by atoms with Gasteiger partial charge in [-0.05, 0) is 37.1 Å². The summed E-state index contributed by atoms with van der Waals surface area (Å²) in [5.41, 5.74) is 1.80. The zero-order valence-electron chi connectivity index (χ0n) is 14.2. The highest BCUT2D eigenvalue weighted by molar-refractivity contribution is 5.95. The Morgan fingerprint density at radius 2 is 1.68 bits per heavy atom. The molecule has 25 heavy (non-hydrogen) atoms. The molecule has 0 saturated carbocycles. The Kier molecular flexibility index (Phi) is 5.88. The maximum atomic E-state index is 13.5. The van der Waals surface area contributed by atoms with Crippen LogP contribution in [0.25, 0.3) is 0 Å². The maximum Gasteiger partial charge on any atom is 0.262 e. The van der Waals surface area contributed by atoms with E-state index in [9.17, 15) is 9.18 Å². The fourth-order valence-electron chi connectivity index (χ4n) is 3.06. The van der Waals surface area contributed by atoms with E-state index in [-0.39, 0.29) is 18.3 Å². The van der Waals surface area contributed by atoms with E-state index < -0.39 is 5.82 Å². The number of para-hydroxylation sites is 3. The normalized spacial score (nSPS) is 14.7. The van der Waals surface area contributed by atoms with Gasteiger partial charge in [0.15, 0.2) is 18.2 Å². The van der Waals surface area contributed by atoms with Crippen LogP contribution in [-0.4, -0.2) is 25.6 Å². The molecule has 132 valence electrons. The number of hydrogen-bond donors (Lipinski definition) is 1. The molecule has 1 aliphatic rings. The first-order chi connectivity index (χ1) is 12.2. The van der Waals surface area contributed by atoms with E-state index in [1.165, 1.54) is 37.8 Å². The van der Waals surface area contributed by atoms with Gasteiger partial charge in [0.25, 0.3) is 5.91 Å². The monoisotopic (exact) mass is 342 g/mol. The second-order valence-electron chi connectivity index (χ2n) is 6.19. The molecule has 1 aliphatic heterocycles. The molecule has 0 aromatic heterocycles. The van der Waals surface area contributed by atoms with Gasteiger partial charge in [-0.3, -0.25) is 4.79 Å². The van der Waals surface area contributed by atoms with Gasteiger partial charge in [-0.1, -0.05) is 37.1 Å². The van der Waals surface area contributed by atoms with Crippen LogP contribution >= 0.6 is 0 Å².